The van der Waals surface area contributed by atoms with Crippen molar-refractivity contribution < 1.29 is 18.7 Å². The SMILES string of the molecule is COC(=O)NC/C=C\c1nc(CCC=O)co1. The van der Waals surface area contributed by atoms with Gasteiger partial charge in [0.05, 0.1) is 12.8 Å². The summed E-state index contributed by atoms with van der Waals surface area (Å²) in [5, 5.41) is 2.48. The first-order chi connectivity index (χ1) is 8.26. The van der Waals surface area contributed by atoms with Crippen LogP contribution in [0.1, 0.15) is 18.0 Å². The average molecular weight is 238 g/mol. The van der Waals surface area contributed by atoms with Gasteiger partial charge in [-0.1, -0.05) is 6.08 Å². The van der Waals surface area contributed by atoms with Crippen LogP contribution in [0.4, 0.5) is 4.79 Å². The Morgan fingerprint density at radius 1 is 1.65 bits per heavy atom. The van der Waals surface area contributed by atoms with Crippen molar-refractivity contribution in [3.8, 4) is 0 Å². The van der Waals surface area contributed by atoms with Crippen molar-refractivity contribution in [2.45, 2.75) is 12.8 Å². The third kappa shape index (κ3) is 4.96. The highest BCUT2D eigenvalue weighted by Gasteiger charge is 2.00. The van der Waals surface area contributed by atoms with Crippen LogP contribution in [-0.4, -0.2) is 31.0 Å². The number of hydrogen-bond donors (Lipinski definition) is 1. The van der Waals surface area contributed by atoms with Gasteiger partial charge in [-0.3, -0.25) is 0 Å². The number of aromatic nitrogens is 1. The van der Waals surface area contributed by atoms with Crippen molar-refractivity contribution in [1.29, 1.82) is 0 Å². The lowest BCUT2D eigenvalue weighted by atomic mass is 10.3. The summed E-state index contributed by atoms with van der Waals surface area (Å²) in [6, 6.07) is 0. The van der Waals surface area contributed by atoms with Gasteiger partial charge in [-0.05, 0) is 12.5 Å². The lowest BCUT2D eigenvalue weighted by Crippen LogP contribution is -2.22. The number of alkyl carbamates (subject to hydrolysis) is 1. The third-order valence-corrected chi connectivity index (χ3v) is 1.90. The summed E-state index contributed by atoms with van der Waals surface area (Å²) < 4.78 is 9.53. The second-order valence-corrected chi connectivity index (χ2v) is 3.16. The van der Waals surface area contributed by atoms with E-state index in [9.17, 15) is 9.59 Å². The Morgan fingerprint density at radius 2 is 2.47 bits per heavy atom. The molecule has 92 valence electrons. The minimum atomic E-state index is -0.492. The molecule has 0 atom stereocenters. The third-order valence-electron chi connectivity index (χ3n) is 1.90. The molecule has 0 saturated carbocycles. The monoisotopic (exact) mass is 238 g/mol. The van der Waals surface area contributed by atoms with Gasteiger partial charge in [0.25, 0.3) is 0 Å². The zero-order valence-corrected chi connectivity index (χ0v) is 9.51. The van der Waals surface area contributed by atoms with Gasteiger partial charge in [-0.15, -0.1) is 0 Å². The van der Waals surface area contributed by atoms with Gasteiger partial charge in [0.15, 0.2) is 0 Å². The quantitative estimate of drug-likeness (QED) is 0.752. The highest BCUT2D eigenvalue weighted by atomic mass is 16.5. The van der Waals surface area contributed by atoms with Crippen LogP contribution in [0.25, 0.3) is 6.08 Å². The van der Waals surface area contributed by atoms with Gasteiger partial charge in [0.1, 0.15) is 12.5 Å². The smallest absolute Gasteiger partial charge is 0.407 e. The van der Waals surface area contributed by atoms with Gasteiger partial charge in [-0.25, -0.2) is 9.78 Å². The average Bonchev–Trinajstić information content (AvgIpc) is 2.79. The molecule has 1 N–H and O–H groups in total. The van der Waals surface area contributed by atoms with E-state index >= 15 is 0 Å². The van der Waals surface area contributed by atoms with Crippen molar-refractivity contribution in [1.82, 2.24) is 10.3 Å². The molecule has 0 fully saturated rings. The van der Waals surface area contributed by atoms with Crippen LogP contribution in [0, 0.1) is 0 Å². The van der Waals surface area contributed by atoms with Gasteiger partial charge in [0.2, 0.25) is 5.89 Å². The molecule has 0 bridgehead atoms. The number of hydrogen-bond acceptors (Lipinski definition) is 5. The molecule has 6 nitrogen and oxygen atoms in total. The maximum absolute atomic E-state index is 10.7. The van der Waals surface area contributed by atoms with Gasteiger partial charge >= 0.3 is 6.09 Å². The fourth-order valence-corrected chi connectivity index (χ4v) is 1.09. The number of methoxy groups -OCH3 is 1. The van der Waals surface area contributed by atoms with Crippen LogP contribution in [0.2, 0.25) is 0 Å². The summed E-state index contributed by atoms with van der Waals surface area (Å²) >= 11 is 0. The Balaban J connectivity index is 2.35. The van der Waals surface area contributed by atoms with Crippen molar-refractivity contribution in [2.24, 2.45) is 0 Å². The number of aryl methyl sites for hydroxylation is 1. The highest BCUT2D eigenvalue weighted by molar-refractivity contribution is 5.67. The second kappa shape index (κ2) is 7.21. The Labute approximate surface area is 98.7 Å². The molecule has 0 radical (unpaired) electrons. The summed E-state index contributed by atoms with van der Waals surface area (Å²) in [4.78, 5) is 25.0. The minimum Gasteiger partial charge on any atom is -0.453 e. The van der Waals surface area contributed by atoms with Gasteiger partial charge < -0.3 is 19.3 Å². The lowest BCUT2D eigenvalue weighted by molar-refractivity contribution is -0.107. The maximum Gasteiger partial charge on any atom is 0.407 e. The predicted molar refractivity (Wildman–Crippen MR) is 60.3 cm³/mol. The second-order valence-electron chi connectivity index (χ2n) is 3.16. The lowest BCUT2D eigenvalue weighted by Gasteiger charge is -1.97. The number of carbonyl (C=O) groups excluding carboxylic acids is 2. The van der Waals surface area contributed by atoms with E-state index in [1.807, 2.05) is 0 Å². The number of rotatable bonds is 6. The zero-order valence-electron chi connectivity index (χ0n) is 9.51. The van der Waals surface area contributed by atoms with E-state index in [0.717, 1.165) is 12.0 Å². The molecule has 0 saturated heterocycles. The van der Waals surface area contributed by atoms with E-state index in [4.69, 9.17) is 4.42 Å². The van der Waals surface area contributed by atoms with Crippen molar-refractivity contribution in [3.63, 3.8) is 0 Å². The molecule has 0 spiro atoms. The standard InChI is InChI=1S/C11H14N2O4/c1-16-11(15)12-6-2-5-10-13-9(8-17-10)4-3-7-14/h2,5,7-8H,3-4,6H2,1H3,(H,12,15)/b5-2-. The molecule has 1 aromatic rings. The first kappa shape index (κ1) is 13.0. The van der Waals surface area contributed by atoms with E-state index in [-0.39, 0.29) is 0 Å². The number of nitrogens with zero attached hydrogens (tertiary/aromatic N) is 1. The topological polar surface area (TPSA) is 81.4 Å². The summed E-state index contributed by atoms with van der Waals surface area (Å²) in [5.41, 5.74) is 0.734. The summed E-state index contributed by atoms with van der Waals surface area (Å²) in [5.74, 6) is 0.442. The molecule has 1 heterocycles. The normalized spacial score (nSPS) is 10.4. The molecule has 0 aliphatic heterocycles. The molecule has 17 heavy (non-hydrogen) atoms. The minimum absolute atomic E-state index is 0.332. The molecule has 0 aliphatic rings. The Kier molecular flexibility index (Phi) is 5.50. The molecule has 1 amide bonds. The number of oxazole rings is 1. The van der Waals surface area contributed by atoms with Crippen LogP contribution in [-0.2, 0) is 16.0 Å². The van der Waals surface area contributed by atoms with Gasteiger partial charge in [0, 0.05) is 13.0 Å². The zero-order chi connectivity index (χ0) is 12.5. The molecule has 6 heteroatoms. The number of carbonyl (C=O) groups is 2. The largest absolute Gasteiger partial charge is 0.453 e. The van der Waals surface area contributed by atoms with Crippen LogP contribution in [0.15, 0.2) is 16.8 Å². The molecule has 0 aliphatic carbocycles. The molecule has 1 rings (SSSR count). The molecular weight excluding hydrogens is 224 g/mol. The number of aldehydes is 1. The van der Waals surface area contributed by atoms with Crippen LogP contribution < -0.4 is 5.32 Å². The van der Waals surface area contributed by atoms with Crippen LogP contribution in [0.3, 0.4) is 0 Å². The molecule has 1 aromatic heterocycles. The van der Waals surface area contributed by atoms with E-state index < -0.39 is 6.09 Å². The summed E-state index contributed by atoms with van der Waals surface area (Å²) in [7, 11) is 1.30. The fourth-order valence-electron chi connectivity index (χ4n) is 1.09. The van der Waals surface area contributed by atoms with Gasteiger partial charge in [-0.2, -0.15) is 0 Å². The molecule has 0 unspecified atom stereocenters. The maximum atomic E-state index is 10.7. The van der Waals surface area contributed by atoms with E-state index in [1.54, 1.807) is 12.2 Å². The summed E-state index contributed by atoms with van der Waals surface area (Å²) in [6.45, 7) is 0.332. The van der Waals surface area contributed by atoms with Crippen molar-refractivity contribution in [2.75, 3.05) is 13.7 Å². The Hall–Kier alpha value is -2.11. The van der Waals surface area contributed by atoms with Crippen molar-refractivity contribution in [3.05, 3.63) is 23.9 Å². The highest BCUT2D eigenvalue weighted by Crippen LogP contribution is 2.05. The van der Waals surface area contributed by atoms with E-state index in [2.05, 4.69) is 15.0 Å². The van der Waals surface area contributed by atoms with Crippen LogP contribution in [0.5, 0.6) is 0 Å². The number of amides is 1. The Morgan fingerprint density at radius 3 is 3.18 bits per heavy atom. The summed E-state index contributed by atoms with van der Waals surface area (Å²) in [6.07, 6.45) is 6.18. The first-order valence-corrected chi connectivity index (χ1v) is 5.12. The van der Waals surface area contributed by atoms with Crippen LogP contribution >= 0.6 is 0 Å². The molecular formula is C11H14N2O4. The predicted octanol–water partition coefficient (Wildman–Crippen LogP) is 1.18. The number of nitrogens with one attached hydrogen (secondary N) is 1. The fraction of sp³-hybridized carbons (Fsp3) is 0.364. The van der Waals surface area contributed by atoms with E-state index in [1.165, 1.54) is 13.4 Å². The number of ether oxygens (including phenoxy) is 1. The molecule has 0 aromatic carbocycles. The Bertz CT molecular complexity index is 398. The van der Waals surface area contributed by atoms with E-state index in [0.29, 0.717) is 25.3 Å². The van der Waals surface area contributed by atoms with Crippen molar-refractivity contribution >= 4 is 18.5 Å². The first-order valence-electron chi connectivity index (χ1n) is 5.12.